The number of aliphatic hydroxyl groups excluding tert-OH is 1. The molecule has 0 saturated carbocycles. The number of ketones is 1. The van der Waals surface area contributed by atoms with Crippen LogP contribution in [-0.2, 0) is 24.8 Å². The molecule has 18 heteroatoms. The molecule has 2 aromatic rings. The van der Waals surface area contributed by atoms with Crippen molar-refractivity contribution in [2.24, 2.45) is 0 Å². The average molecular weight is 687 g/mol. The van der Waals surface area contributed by atoms with E-state index in [9.17, 15) is 53.1 Å². The van der Waals surface area contributed by atoms with E-state index in [0.29, 0.717) is 18.5 Å². The Hall–Kier alpha value is -3.93. The van der Waals surface area contributed by atoms with E-state index in [0.717, 1.165) is 36.4 Å². The van der Waals surface area contributed by atoms with E-state index in [1.165, 1.54) is 21.9 Å². The maximum absolute atomic E-state index is 13.4. The zero-order chi connectivity index (χ0) is 34.4. The SMILES string of the molecule is CCN(CC)c1ccc(/C=C/C(=O)/C=C(O)/C=C/c2ccc(N(CC)CC)[n+](S(=O)(=O)C(F)(F)F)c2)c[n+]1S(=O)(=O)C(F)(F)F. The predicted octanol–water partition coefficient (Wildman–Crippen LogP) is 4.09. The van der Waals surface area contributed by atoms with Crippen LogP contribution in [0.3, 0.4) is 0 Å². The number of rotatable bonds is 13. The number of anilines is 2. The smallest absolute Gasteiger partial charge is 0.508 e. The molecule has 0 saturated heterocycles. The van der Waals surface area contributed by atoms with E-state index < -0.39 is 42.6 Å². The van der Waals surface area contributed by atoms with Gasteiger partial charge in [-0.15, -0.1) is 7.94 Å². The lowest BCUT2D eigenvalue weighted by atomic mass is 10.2. The van der Waals surface area contributed by atoms with Gasteiger partial charge in [-0.1, -0.05) is 0 Å². The molecule has 0 amide bonds. The van der Waals surface area contributed by atoms with Gasteiger partial charge in [-0.3, -0.25) is 14.6 Å². The zero-order valence-corrected chi connectivity index (χ0v) is 26.2. The van der Waals surface area contributed by atoms with Crippen LogP contribution in [-0.4, -0.2) is 64.9 Å². The third-order valence-corrected chi connectivity index (χ3v) is 9.08. The predicted molar refractivity (Wildman–Crippen MR) is 155 cm³/mol. The zero-order valence-electron chi connectivity index (χ0n) is 24.5. The van der Waals surface area contributed by atoms with Crippen molar-refractivity contribution in [2.75, 3.05) is 36.0 Å². The van der Waals surface area contributed by atoms with E-state index in [4.69, 9.17) is 0 Å². The number of alkyl halides is 6. The molecule has 2 heterocycles. The first-order chi connectivity index (χ1) is 20.7. The summed E-state index contributed by atoms with van der Waals surface area (Å²) in [6.07, 6.45) is 5.87. The number of aliphatic hydroxyl groups is 1. The minimum atomic E-state index is -5.83. The monoisotopic (exact) mass is 686 g/mol. The highest BCUT2D eigenvalue weighted by molar-refractivity contribution is 7.86. The molecule has 0 aliphatic rings. The van der Waals surface area contributed by atoms with Crippen LogP contribution < -0.4 is 17.7 Å². The van der Waals surface area contributed by atoms with Gasteiger partial charge in [0.05, 0.1) is 26.2 Å². The Bertz CT molecular complexity index is 1690. The Morgan fingerprint density at radius 3 is 1.40 bits per heavy atom. The molecule has 248 valence electrons. The fourth-order valence-corrected chi connectivity index (χ4v) is 5.78. The molecule has 1 N–H and O–H groups in total. The third-order valence-electron chi connectivity index (χ3n) is 6.29. The standard InChI is InChI=1S/C27H31F6N4O6S2/c1-5-34(6-2)24-15-11-20(18-36(24)44(40,41)26(28,29)30)9-13-22(38)17-23(39)14-10-21-12-16-25(35(7-3)8-4)37(19-21)45(42,43)27(31,32)33/h9-19H,5-8H2,1-4H3/q+1/p+1/b13-9+,14-10+. The first kappa shape index (κ1) is 37.3. The van der Waals surface area contributed by atoms with Crippen LogP contribution in [0.1, 0.15) is 38.8 Å². The van der Waals surface area contributed by atoms with Crippen molar-refractivity contribution >= 4 is 49.6 Å². The maximum atomic E-state index is 13.4. The second kappa shape index (κ2) is 14.4. The Morgan fingerprint density at radius 2 is 1.07 bits per heavy atom. The van der Waals surface area contributed by atoms with Crippen LogP contribution in [0.4, 0.5) is 38.0 Å². The fourth-order valence-electron chi connectivity index (χ4n) is 3.97. The van der Waals surface area contributed by atoms with Gasteiger partial charge in [0.1, 0.15) is 18.2 Å². The van der Waals surface area contributed by atoms with Gasteiger partial charge in [0, 0.05) is 29.3 Å². The van der Waals surface area contributed by atoms with Crippen molar-refractivity contribution in [3.63, 3.8) is 0 Å². The molecule has 2 rings (SSSR count). The van der Waals surface area contributed by atoms with E-state index in [-0.39, 0.29) is 56.9 Å². The summed E-state index contributed by atoms with van der Waals surface area (Å²) in [6.45, 7) is 7.31. The molecule has 0 unspecified atom stereocenters. The highest BCUT2D eigenvalue weighted by atomic mass is 32.2. The lowest BCUT2D eigenvalue weighted by Gasteiger charge is -2.17. The average Bonchev–Trinajstić information content (AvgIpc) is 2.95. The van der Waals surface area contributed by atoms with Crippen LogP contribution in [0.15, 0.2) is 60.6 Å². The number of pyridine rings is 2. The summed E-state index contributed by atoms with van der Waals surface area (Å²) in [5.74, 6) is -2.09. The summed E-state index contributed by atoms with van der Waals surface area (Å²) in [4.78, 5) is 15.1. The minimum Gasteiger partial charge on any atom is -0.508 e. The molecule has 0 fully saturated rings. The number of allylic oxidation sites excluding steroid dienone is 3. The number of aromatic nitrogens is 2. The quantitative estimate of drug-likeness (QED) is 0.110. The van der Waals surface area contributed by atoms with Crippen LogP contribution in [0.5, 0.6) is 0 Å². The van der Waals surface area contributed by atoms with Crippen molar-refractivity contribution in [3.05, 3.63) is 71.8 Å². The largest absolute Gasteiger partial charge is 0.537 e. The number of nitrogens with zero attached hydrogens (tertiary/aromatic N) is 4. The van der Waals surface area contributed by atoms with Gasteiger partial charge in [0.2, 0.25) is 0 Å². The summed E-state index contributed by atoms with van der Waals surface area (Å²) < 4.78 is 129. The van der Waals surface area contributed by atoms with Gasteiger partial charge in [-0.25, -0.2) is 0 Å². The molecule has 0 atom stereocenters. The van der Waals surface area contributed by atoms with Gasteiger partial charge in [0.15, 0.2) is 5.78 Å². The second-order valence-corrected chi connectivity index (χ2v) is 12.7. The molecule has 0 bridgehead atoms. The number of carbonyl (C=O) groups is 1. The Labute approximate surface area is 256 Å². The van der Waals surface area contributed by atoms with Crippen LogP contribution in [0.25, 0.3) is 12.2 Å². The number of hydrogen-bond donors (Lipinski definition) is 1. The molecular weight excluding hydrogens is 654 g/mol. The van der Waals surface area contributed by atoms with Crippen LogP contribution >= 0.6 is 0 Å². The highest BCUT2D eigenvalue weighted by Gasteiger charge is 2.53. The van der Waals surface area contributed by atoms with E-state index in [2.05, 4.69) is 0 Å². The molecule has 45 heavy (non-hydrogen) atoms. The topological polar surface area (TPSA) is 120 Å². The molecule has 0 radical (unpaired) electrons. The molecule has 10 nitrogen and oxygen atoms in total. The lowest BCUT2D eigenvalue weighted by Crippen LogP contribution is -2.54. The summed E-state index contributed by atoms with van der Waals surface area (Å²) in [7, 11) is -11.6. The van der Waals surface area contributed by atoms with Crippen molar-refractivity contribution in [1.82, 2.24) is 0 Å². The van der Waals surface area contributed by atoms with Crippen molar-refractivity contribution in [2.45, 2.75) is 38.7 Å². The van der Waals surface area contributed by atoms with E-state index >= 15 is 0 Å². The van der Waals surface area contributed by atoms with Crippen LogP contribution in [0, 0.1) is 0 Å². The molecule has 0 aliphatic carbocycles. The first-order valence-electron chi connectivity index (χ1n) is 13.3. The van der Waals surface area contributed by atoms with E-state index in [1.54, 1.807) is 27.7 Å². The van der Waals surface area contributed by atoms with Crippen molar-refractivity contribution < 1.29 is 61.0 Å². The Kier molecular flexibility index (Phi) is 12.0. The molecule has 0 aliphatic heterocycles. The summed E-state index contributed by atoms with van der Waals surface area (Å²) in [6, 6.07) is 4.89. The van der Waals surface area contributed by atoms with Gasteiger partial charge in [-0.2, -0.15) is 43.2 Å². The summed E-state index contributed by atoms with van der Waals surface area (Å²) in [5.41, 5.74) is -11.4. The van der Waals surface area contributed by atoms with Gasteiger partial charge < -0.3 is 5.11 Å². The van der Waals surface area contributed by atoms with Crippen molar-refractivity contribution in [3.8, 4) is 0 Å². The number of halogens is 6. The van der Waals surface area contributed by atoms with Gasteiger partial charge in [-0.05, 0) is 64.1 Å². The van der Waals surface area contributed by atoms with Crippen molar-refractivity contribution in [1.29, 1.82) is 0 Å². The maximum Gasteiger partial charge on any atom is 0.537 e. The Morgan fingerprint density at radius 1 is 0.711 bits per heavy atom. The fraction of sp³-hybridized carbons (Fsp3) is 0.370. The lowest BCUT2D eigenvalue weighted by molar-refractivity contribution is -0.505. The number of carbonyl (C=O) groups excluding carboxylic acids is 1. The molecule has 0 spiro atoms. The third kappa shape index (κ3) is 8.62. The minimum absolute atomic E-state index is 0.0664. The number of hydrogen-bond acceptors (Lipinski definition) is 8. The van der Waals surface area contributed by atoms with Crippen LogP contribution in [0.2, 0.25) is 0 Å². The summed E-state index contributed by atoms with van der Waals surface area (Å²) in [5, 5.41) is 10.1. The first-order valence-corrected chi connectivity index (χ1v) is 16.2. The van der Waals surface area contributed by atoms with E-state index in [1.807, 2.05) is 0 Å². The second-order valence-electron chi connectivity index (χ2n) is 9.12. The van der Waals surface area contributed by atoms with Gasteiger partial charge >= 0.3 is 31.1 Å². The molecule has 2 aromatic heterocycles. The Balaban J connectivity index is 2.41. The highest BCUT2D eigenvalue weighted by Crippen LogP contribution is 2.25. The summed E-state index contributed by atoms with van der Waals surface area (Å²) >= 11 is 0. The van der Waals surface area contributed by atoms with Gasteiger partial charge in [0.25, 0.3) is 11.6 Å². The normalized spacial score (nSPS) is 13.5. The molecule has 0 aromatic carbocycles. The molecular formula is C27H32F6N4O6S2+2.